The lowest BCUT2D eigenvalue weighted by Gasteiger charge is -2.39. The van der Waals surface area contributed by atoms with Gasteiger partial charge in [0.25, 0.3) is 0 Å². The molecule has 3 aromatic carbocycles. The number of hydrogen-bond acceptors (Lipinski definition) is 3. The first kappa shape index (κ1) is 18.1. The van der Waals surface area contributed by atoms with E-state index in [0.29, 0.717) is 0 Å². The summed E-state index contributed by atoms with van der Waals surface area (Å²) >= 11 is 0. The molecule has 3 nitrogen and oxygen atoms in total. The van der Waals surface area contributed by atoms with E-state index in [1.807, 2.05) is 18.6 Å². The number of aromatic nitrogens is 2. The third-order valence-corrected chi connectivity index (χ3v) is 8.55. The van der Waals surface area contributed by atoms with E-state index in [4.69, 9.17) is 4.98 Å². The van der Waals surface area contributed by atoms with E-state index in [0.717, 1.165) is 25.7 Å². The second-order valence-corrected chi connectivity index (χ2v) is 10.2. The number of nitrogens with zero attached hydrogens (tertiary/aromatic N) is 3. The van der Waals surface area contributed by atoms with Gasteiger partial charge in [0.05, 0.1) is 22.8 Å². The molecule has 164 valence electrons. The smallest absolute Gasteiger partial charge is 0.0716 e. The monoisotopic (exact) mass is 447 g/mol. The Bertz CT molecular complexity index is 1760. The molecule has 0 spiro atoms. The number of anilines is 3. The fourth-order valence-electron chi connectivity index (χ4n) is 7.05. The highest BCUT2D eigenvalue weighted by Crippen LogP contribution is 2.54. The summed E-state index contributed by atoms with van der Waals surface area (Å²) in [6.45, 7) is 0. The van der Waals surface area contributed by atoms with Crippen molar-refractivity contribution in [1.29, 1.82) is 0 Å². The molecule has 0 fully saturated rings. The molecule has 4 aliphatic rings. The first-order valence-electron chi connectivity index (χ1n) is 12.4. The summed E-state index contributed by atoms with van der Waals surface area (Å²) in [5.41, 5.74) is 20.8. The van der Waals surface area contributed by atoms with Crippen molar-refractivity contribution in [3.63, 3.8) is 0 Å². The van der Waals surface area contributed by atoms with Crippen LogP contribution in [-0.2, 0) is 25.7 Å². The Morgan fingerprint density at radius 2 is 1.34 bits per heavy atom. The maximum Gasteiger partial charge on any atom is 0.0716 e. The van der Waals surface area contributed by atoms with Gasteiger partial charge >= 0.3 is 0 Å². The quantitative estimate of drug-likeness (QED) is 0.253. The topological polar surface area (TPSA) is 29.0 Å². The summed E-state index contributed by atoms with van der Waals surface area (Å²) < 4.78 is 0. The number of hydrogen-bond donors (Lipinski definition) is 0. The SMILES string of the molecule is c1ccc2c(c1)Cc1c-2ccc2c1Cc1c-2ccc2c1Cc1nccc3c1N2c1ccncc1C3. The van der Waals surface area contributed by atoms with Crippen molar-refractivity contribution >= 4 is 17.1 Å². The van der Waals surface area contributed by atoms with Gasteiger partial charge in [0.1, 0.15) is 0 Å². The predicted octanol–water partition coefficient (Wildman–Crippen LogP) is 6.90. The van der Waals surface area contributed by atoms with E-state index in [-0.39, 0.29) is 0 Å². The summed E-state index contributed by atoms with van der Waals surface area (Å²) in [5.74, 6) is 0. The third kappa shape index (κ3) is 2.21. The molecule has 0 bridgehead atoms. The molecular weight excluding hydrogens is 426 g/mol. The van der Waals surface area contributed by atoms with E-state index in [1.54, 1.807) is 0 Å². The fourth-order valence-corrected chi connectivity index (χ4v) is 7.05. The zero-order chi connectivity index (χ0) is 22.7. The van der Waals surface area contributed by atoms with E-state index in [2.05, 4.69) is 70.5 Å². The normalized spacial score (nSPS) is 14.9. The van der Waals surface area contributed by atoms with Gasteiger partial charge in [-0.15, -0.1) is 0 Å². The molecule has 5 aromatic rings. The van der Waals surface area contributed by atoms with E-state index in [9.17, 15) is 0 Å². The third-order valence-electron chi connectivity index (χ3n) is 8.55. The second-order valence-electron chi connectivity index (χ2n) is 10.2. The lowest BCUT2D eigenvalue weighted by Crippen LogP contribution is -2.26. The largest absolute Gasteiger partial charge is 0.308 e. The molecule has 2 aromatic heterocycles. The summed E-state index contributed by atoms with van der Waals surface area (Å²) in [6.07, 6.45) is 9.80. The van der Waals surface area contributed by atoms with E-state index >= 15 is 0 Å². The van der Waals surface area contributed by atoms with Crippen LogP contribution in [0, 0.1) is 0 Å². The van der Waals surface area contributed by atoms with Crippen LogP contribution in [-0.4, -0.2) is 9.97 Å². The average molecular weight is 448 g/mol. The zero-order valence-corrected chi connectivity index (χ0v) is 19.2. The molecule has 0 amide bonds. The van der Waals surface area contributed by atoms with Crippen LogP contribution in [0.5, 0.6) is 0 Å². The number of rotatable bonds is 0. The summed E-state index contributed by atoms with van der Waals surface area (Å²) in [6, 6.07) is 22.7. The van der Waals surface area contributed by atoms with Gasteiger partial charge in [-0.3, -0.25) is 9.97 Å². The Kier molecular flexibility index (Phi) is 3.24. The van der Waals surface area contributed by atoms with Gasteiger partial charge in [-0.25, -0.2) is 0 Å². The molecule has 0 N–H and O–H groups in total. The van der Waals surface area contributed by atoms with Gasteiger partial charge in [-0.2, -0.15) is 0 Å². The van der Waals surface area contributed by atoms with Gasteiger partial charge in [-0.05, 0) is 92.2 Å². The first-order valence-corrected chi connectivity index (χ1v) is 12.4. The van der Waals surface area contributed by atoms with Crippen LogP contribution in [0.4, 0.5) is 17.1 Å². The van der Waals surface area contributed by atoms with Crippen molar-refractivity contribution in [1.82, 2.24) is 9.97 Å². The van der Waals surface area contributed by atoms with Crippen molar-refractivity contribution in [2.45, 2.75) is 25.7 Å². The summed E-state index contributed by atoms with van der Waals surface area (Å²) in [5, 5.41) is 0. The van der Waals surface area contributed by atoms with Crippen molar-refractivity contribution in [2.75, 3.05) is 4.90 Å². The minimum absolute atomic E-state index is 0.898. The molecule has 35 heavy (non-hydrogen) atoms. The molecule has 9 rings (SSSR count). The van der Waals surface area contributed by atoms with Crippen LogP contribution < -0.4 is 4.90 Å². The van der Waals surface area contributed by atoms with Gasteiger partial charge in [-0.1, -0.05) is 42.5 Å². The Balaban J connectivity index is 1.25. The van der Waals surface area contributed by atoms with E-state index in [1.165, 1.54) is 84.0 Å². The maximum absolute atomic E-state index is 4.89. The Hall–Kier alpha value is -4.24. The molecule has 0 radical (unpaired) electrons. The number of benzene rings is 3. The Morgan fingerprint density at radius 1 is 0.543 bits per heavy atom. The summed E-state index contributed by atoms with van der Waals surface area (Å²) in [7, 11) is 0. The maximum atomic E-state index is 4.89. The standard InChI is InChI=1S/C32H21N3/c1-2-4-21-18(3-1)14-25-22(21)5-6-23-24-7-8-31-28(27(24)15-26(23)25)16-29-32-19(9-12-34-29)13-20-17-33-11-10-30(20)35(31)32/h1-12,17H,13-16H2. The predicted molar refractivity (Wildman–Crippen MR) is 139 cm³/mol. The Morgan fingerprint density at radius 3 is 2.29 bits per heavy atom. The highest BCUT2D eigenvalue weighted by Gasteiger charge is 2.36. The highest BCUT2D eigenvalue weighted by atomic mass is 15.2. The molecule has 4 heterocycles. The van der Waals surface area contributed by atoms with Gasteiger partial charge in [0.15, 0.2) is 0 Å². The zero-order valence-electron chi connectivity index (χ0n) is 19.2. The highest BCUT2D eigenvalue weighted by molar-refractivity contribution is 5.93. The molecule has 0 saturated heterocycles. The number of fused-ring (bicyclic) bond motifs is 12. The van der Waals surface area contributed by atoms with Crippen molar-refractivity contribution in [3.05, 3.63) is 124 Å². The molecular formula is C32H21N3. The minimum atomic E-state index is 0.898. The van der Waals surface area contributed by atoms with Crippen LogP contribution >= 0.6 is 0 Å². The van der Waals surface area contributed by atoms with Crippen LogP contribution in [0.15, 0.2) is 79.3 Å². The second kappa shape index (κ2) is 6.25. The van der Waals surface area contributed by atoms with Crippen LogP contribution in [0.3, 0.4) is 0 Å². The van der Waals surface area contributed by atoms with E-state index < -0.39 is 0 Å². The number of pyridine rings is 2. The van der Waals surface area contributed by atoms with Crippen LogP contribution in [0.1, 0.15) is 44.6 Å². The lowest BCUT2D eigenvalue weighted by molar-refractivity contribution is 0.943. The molecule has 3 heteroatoms. The molecule has 2 aliphatic heterocycles. The molecule has 0 atom stereocenters. The molecule has 0 saturated carbocycles. The van der Waals surface area contributed by atoms with Crippen LogP contribution in [0.2, 0.25) is 0 Å². The van der Waals surface area contributed by atoms with Crippen molar-refractivity contribution < 1.29 is 0 Å². The van der Waals surface area contributed by atoms with Gasteiger partial charge < -0.3 is 4.90 Å². The summed E-state index contributed by atoms with van der Waals surface area (Å²) in [4.78, 5) is 11.8. The lowest BCUT2D eigenvalue weighted by atomic mass is 9.87. The van der Waals surface area contributed by atoms with Crippen LogP contribution in [0.25, 0.3) is 22.3 Å². The minimum Gasteiger partial charge on any atom is -0.308 e. The fraction of sp³-hybridized carbons (Fsp3) is 0.125. The van der Waals surface area contributed by atoms with Gasteiger partial charge in [0, 0.05) is 31.4 Å². The molecule has 2 aliphatic carbocycles. The van der Waals surface area contributed by atoms with Crippen molar-refractivity contribution in [3.8, 4) is 22.3 Å². The Labute approximate surface area is 203 Å². The van der Waals surface area contributed by atoms with Crippen molar-refractivity contribution in [2.24, 2.45) is 0 Å². The average Bonchev–Trinajstić information content (AvgIpc) is 3.47. The first-order chi connectivity index (χ1) is 17.3. The molecule has 0 unspecified atom stereocenters. The van der Waals surface area contributed by atoms with Gasteiger partial charge in [0.2, 0.25) is 0 Å².